The first kappa shape index (κ1) is 124. The van der Waals surface area contributed by atoms with E-state index in [4.69, 9.17) is 37.0 Å². The number of hydrogen-bond acceptors (Lipinski definition) is 21. The Morgan fingerprint density at radius 2 is 1.00 bits per heavy atom. The van der Waals surface area contributed by atoms with E-state index in [2.05, 4.69) is 107 Å². The number of rotatable bonds is 24. The molecule has 630 valence electrons. The van der Waals surface area contributed by atoms with Gasteiger partial charge in [0.15, 0.2) is 0 Å². The number of aliphatic imine (C=N–C) groups is 1. The number of unbranched alkanes of at least 4 members (excludes halogenated alkanes) is 6. The van der Waals surface area contributed by atoms with Crippen LogP contribution in [-0.4, -0.2) is 244 Å². The Balaban J connectivity index is -0.0000000943. The van der Waals surface area contributed by atoms with Gasteiger partial charge in [-0.3, -0.25) is 29.5 Å². The Morgan fingerprint density at radius 1 is 0.538 bits per heavy atom. The van der Waals surface area contributed by atoms with E-state index in [9.17, 15) is 33.9 Å². The maximum Gasteiger partial charge on any atom is 1.00 e. The lowest BCUT2D eigenvalue weighted by molar-refractivity contribution is -0.124. The monoisotopic (exact) mass is 1540 g/mol. The highest BCUT2D eigenvalue weighted by atomic mass is 35.5. The molecular weight excluding hydrogens is 1370 g/mol. The number of carbonyl (C=O) groups excluding carboxylic acids is 6. The van der Waals surface area contributed by atoms with Gasteiger partial charge in [-0.2, -0.15) is 0 Å². The van der Waals surface area contributed by atoms with Crippen molar-refractivity contribution in [2.24, 2.45) is 10.7 Å². The Kier molecular flexibility index (Phi) is 104. The molecule has 9 heterocycles. The first-order valence-corrected chi connectivity index (χ1v) is 35.2. The van der Waals surface area contributed by atoms with Gasteiger partial charge in [-0.05, 0) is 186 Å². The number of aliphatic hydroxyl groups is 3. The van der Waals surface area contributed by atoms with Gasteiger partial charge < -0.3 is 70.4 Å². The van der Waals surface area contributed by atoms with Crippen LogP contribution in [0.2, 0.25) is 0 Å². The van der Waals surface area contributed by atoms with Crippen LogP contribution in [0.15, 0.2) is 92.8 Å². The number of nitrogens with two attached hydrogens (primary N) is 1. The van der Waals surface area contributed by atoms with Crippen molar-refractivity contribution < 1.29 is 69.2 Å². The van der Waals surface area contributed by atoms with Gasteiger partial charge in [0, 0.05) is 103 Å². The molecule has 0 aromatic rings. The number of carbonyl (C=O) groups is 6. The predicted octanol–water partition coefficient (Wildman–Crippen LogP) is 16.8. The molecule has 9 rings (SSSR count). The third-order valence-electron chi connectivity index (χ3n) is 15.3. The number of aldehydes is 1. The number of aliphatic hydroxyl groups excluding tert-OH is 3. The number of nitrogens with one attached hydrogen (secondary N) is 3. The van der Waals surface area contributed by atoms with E-state index in [1.807, 2.05) is 12.3 Å². The van der Waals surface area contributed by atoms with Gasteiger partial charge in [-0.1, -0.05) is 150 Å². The molecule has 6 saturated heterocycles. The summed E-state index contributed by atoms with van der Waals surface area (Å²) in [4.78, 5) is 81.1. The second kappa shape index (κ2) is 89.5. The zero-order valence-corrected chi connectivity index (χ0v) is 59.0. The minimum atomic E-state index is -0.792. The smallest absolute Gasteiger partial charge is 0.449 e. The fourth-order valence-electron chi connectivity index (χ4n) is 10.6. The molecule has 25 nitrogen and oxygen atoms in total. The van der Waals surface area contributed by atoms with Gasteiger partial charge >= 0.3 is 31.2 Å². The standard InChI is InChI=1S/C12H21N3.C9H15NO3.C9H17NO3.C9H15NO3.C9H13NO2.C5H13NO.C5H9N.C4H5ClO2.C4H9N.C4H7N.10CH4/c1-4-10-13(7-1)11-5-2-9-15(11)12-6-3-8-14(10)12;1-2-7-13-9(12)10-6-4-3-5-8(10)11;2*1-2-8-13-9(12)10-6-4-3-5-7-11;1-2-8-12-9(11)10-6-4-3-5-7-10;6-4-2-1-3-5-7;1-6-4-2-3-5-6;1-2-3-7-4(5)6;2*1-2-4-5-3-1;;;;;;;;;;/h10-12H,1-9H2;2,8,11H,1,3-7H2;2,11H,1,3-8H2,(H,10,12);2,7H,1,3-6,8H2,(H,10,12);2,4,6H,1,3,5,7-8H2;7H,1-6H2;2,4H,3,5H2,1H3;2H,1,3H2;5H,1-4H2;3H,1-2,4H2;10*1H4/p+1. The molecule has 1 atom stereocenters. The number of amides is 4. The van der Waals surface area contributed by atoms with Crippen LogP contribution in [0.5, 0.6) is 0 Å². The molecular formula is C80H165ClN11O14+. The summed E-state index contributed by atoms with van der Waals surface area (Å²) in [6.07, 6.45) is 46.0. The molecule has 0 aromatic carbocycles. The van der Waals surface area contributed by atoms with Gasteiger partial charge in [0.25, 0.3) is 0 Å². The highest BCUT2D eigenvalue weighted by Crippen LogP contribution is 2.41. The Labute approximate surface area is 655 Å². The summed E-state index contributed by atoms with van der Waals surface area (Å²) in [6.45, 7) is 30.7. The van der Waals surface area contributed by atoms with E-state index in [0.29, 0.717) is 39.1 Å². The molecule has 0 aliphatic carbocycles. The molecule has 9 aliphatic rings. The zero-order chi connectivity index (χ0) is 70.9. The molecule has 0 radical (unpaired) electrons. The zero-order valence-electron chi connectivity index (χ0n) is 59.2. The van der Waals surface area contributed by atoms with E-state index in [0.717, 1.165) is 121 Å². The summed E-state index contributed by atoms with van der Waals surface area (Å²) in [5.74, 6) is 0. The number of allylic oxidation sites excluding steroid dienone is 1. The Morgan fingerprint density at radius 3 is 1.34 bits per heavy atom. The first-order chi connectivity index (χ1) is 46.7. The summed E-state index contributed by atoms with van der Waals surface area (Å²) < 4.78 is 23.2. The average molecular weight is 1540 g/mol. The lowest BCUT2D eigenvalue weighted by atomic mass is 10.1. The van der Waals surface area contributed by atoms with E-state index in [1.165, 1.54) is 139 Å². The highest BCUT2D eigenvalue weighted by molar-refractivity contribution is 6.61. The van der Waals surface area contributed by atoms with Crippen molar-refractivity contribution in [2.45, 2.75) is 260 Å². The topological polar surface area (TPSA) is 303 Å². The lowest BCUT2D eigenvalue weighted by Gasteiger charge is -2.51. The molecule has 0 bridgehead atoms. The number of piperidine rings is 1. The van der Waals surface area contributed by atoms with Crippen LogP contribution in [0.25, 0.3) is 0 Å². The summed E-state index contributed by atoms with van der Waals surface area (Å²) in [6, 6.07) is 0. The number of alkyl carbamates (subject to hydrolysis) is 2. The van der Waals surface area contributed by atoms with Crippen molar-refractivity contribution in [1.29, 1.82) is 0 Å². The van der Waals surface area contributed by atoms with Crippen molar-refractivity contribution in [3.63, 3.8) is 0 Å². The van der Waals surface area contributed by atoms with Crippen molar-refractivity contribution in [1.82, 2.24) is 45.3 Å². The number of hydrogen-bond donors (Lipinski definition) is 7. The Bertz CT molecular complexity index is 2060. The maximum atomic E-state index is 11.3. The van der Waals surface area contributed by atoms with Gasteiger partial charge in [-0.25, -0.2) is 24.0 Å². The number of fused-ring (bicyclic) bond motifs is 6. The first-order valence-electron chi connectivity index (χ1n) is 34.8. The van der Waals surface area contributed by atoms with E-state index in [-0.39, 0.29) is 121 Å². The quantitative estimate of drug-likeness (QED) is 0.0155. The van der Waals surface area contributed by atoms with E-state index < -0.39 is 29.9 Å². The van der Waals surface area contributed by atoms with Crippen molar-refractivity contribution in [3.8, 4) is 0 Å². The van der Waals surface area contributed by atoms with Crippen LogP contribution >= 0.6 is 11.6 Å². The minimum Gasteiger partial charge on any atom is -0.449 e. The number of nitrogens with zero attached hydrogens (tertiary/aromatic N) is 7. The number of likely N-dealkylation sites (tertiary alicyclic amines) is 1. The van der Waals surface area contributed by atoms with E-state index >= 15 is 0 Å². The van der Waals surface area contributed by atoms with Gasteiger partial charge in [0.1, 0.15) is 45.5 Å². The van der Waals surface area contributed by atoms with Gasteiger partial charge in [-0.15, -0.1) is 0 Å². The normalized spacial score (nSPS) is 17.8. The molecule has 6 fully saturated rings. The lowest BCUT2D eigenvalue weighted by Crippen LogP contribution is -2.65. The van der Waals surface area contributed by atoms with Crippen LogP contribution in [0.3, 0.4) is 0 Å². The SMILES string of the molecule is C.C.C.C.C.C.C.C.C.C.C1=NCCC1.C1CC2N(C1)C1CCCN1C1CCCN21.C1CCNC1.C=CCOC(=O)Cl.C=CCOC(=O)N1C=CCCC1.C=CCOC(=O)N1CCCCC1O.C=CCOC(=O)NCCCCC=O.C=CCOC(=O)NCCCCCO.CN1C=CCC1.NCCCCCO.[H+]. The molecule has 0 aromatic heterocycles. The second-order valence-electron chi connectivity index (χ2n) is 23.0. The van der Waals surface area contributed by atoms with Crippen LogP contribution < -0.4 is 21.7 Å². The largest absolute Gasteiger partial charge is 1.00 e. The number of ether oxygens (including phenoxy) is 5. The third kappa shape index (κ3) is 66.1. The maximum absolute atomic E-state index is 11.3. The molecule has 26 heteroatoms. The van der Waals surface area contributed by atoms with Crippen LogP contribution in [0, 0.1) is 0 Å². The summed E-state index contributed by atoms with van der Waals surface area (Å²) >= 11 is 4.75. The molecule has 0 saturated carbocycles. The second-order valence-corrected chi connectivity index (χ2v) is 23.3. The van der Waals surface area contributed by atoms with Crippen LogP contribution in [-0.2, 0) is 28.5 Å². The molecule has 1 unspecified atom stereocenters. The van der Waals surface area contributed by atoms with Crippen molar-refractivity contribution in [2.75, 3.05) is 132 Å². The third-order valence-corrected chi connectivity index (χ3v) is 15.4. The fraction of sp³-hybridized carbons (Fsp3) is 0.738. The van der Waals surface area contributed by atoms with Crippen LogP contribution in [0.1, 0.15) is 236 Å². The van der Waals surface area contributed by atoms with Crippen molar-refractivity contribution in [3.05, 3.63) is 87.8 Å². The summed E-state index contributed by atoms with van der Waals surface area (Å²) in [5, 5.41) is 34.5. The Hall–Kier alpha value is -6.16. The van der Waals surface area contributed by atoms with Crippen molar-refractivity contribution >= 4 is 53.9 Å². The van der Waals surface area contributed by atoms with Crippen LogP contribution in [0.4, 0.5) is 24.0 Å². The summed E-state index contributed by atoms with van der Waals surface area (Å²) in [5.41, 5.74) is 4.40. The molecule has 0 spiro atoms. The highest BCUT2D eigenvalue weighted by Gasteiger charge is 2.50. The van der Waals surface area contributed by atoms with Gasteiger partial charge in [0.2, 0.25) is 0 Å². The summed E-state index contributed by atoms with van der Waals surface area (Å²) in [7, 11) is 2.09. The van der Waals surface area contributed by atoms with E-state index in [1.54, 1.807) is 17.2 Å². The molecule has 106 heavy (non-hydrogen) atoms. The molecule has 8 N–H and O–H groups in total. The predicted molar refractivity (Wildman–Crippen MR) is 451 cm³/mol. The fourth-order valence-corrected chi connectivity index (χ4v) is 10.6. The molecule has 4 amide bonds. The van der Waals surface area contributed by atoms with Gasteiger partial charge in [0.05, 0.1) is 18.5 Å². The average Bonchev–Trinajstić information content (AvgIpc) is 1.61. The minimum absolute atomic E-state index is 0. The molecule has 9 aliphatic heterocycles. The number of halogens is 1.